The highest BCUT2D eigenvalue weighted by atomic mass is 32.2. The van der Waals surface area contributed by atoms with Gasteiger partial charge >= 0.3 is 0 Å². The fourth-order valence-corrected chi connectivity index (χ4v) is 9.55. The van der Waals surface area contributed by atoms with Gasteiger partial charge in [-0.3, -0.25) is 9.35 Å². The lowest BCUT2D eigenvalue weighted by Crippen LogP contribution is -2.62. The molecule has 2 unspecified atom stereocenters. The standard InChI is InChI=1S/C26H45NO7S/c1-15(4-9-24(31)27-10-11-35(32,33)34)19-7-8-20-18-6-5-16-12-17(28)13-22(29)25(16,2)21(18)14-23(30)26(19,20)3/h15-23,28-30H,4-14H2,1-3H3,(H,27,31)(H,32,33,34)/t15?,16-,17+,18+,19+,20?,21+,22-,23-,25+,26-/m1/s1. The van der Waals surface area contributed by atoms with Crippen molar-refractivity contribution in [3.05, 3.63) is 0 Å². The molecular weight excluding hydrogens is 470 g/mol. The van der Waals surface area contributed by atoms with Crippen LogP contribution in [0.1, 0.15) is 78.6 Å². The lowest BCUT2D eigenvalue weighted by Gasteiger charge is -2.63. The fourth-order valence-electron chi connectivity index (χ4n) is 9.19. The van der Waals surface area contributed by atoms with E-state index in [-0.39, 0.29) is 35.1 Å². The van der Waals surface area contributed by atoms with Gasteiger partial charge in [-0.1, -0.05) is 20.8 Å². The zero-order valence-electron chi connectivity index (χ0n) is 21.4. The van der Waals surface area contributed by atoms with Crippen LogP contribution >= 0.6 is 0 Å². The smallest absolute Gasteiger partial charge is 0.266 e. The molecule has 0 saturated heterocycles. The molecule has 4 aliphatic carbocycles. The van der Waals surface area contributed by atoms with E-state index in [1.54, 1.807) is 0 Å². The summed E-state index contributed by atoms with van der Waals surface area (Å²) in [6.45, 7) is 6.51. The molecule has 0 radical (unpaired) electrons. The molecule has 202 valence electrons. The first kappa shape index (κ1) is 27.3. The van der Waals surface area contributed by atoms with E-state index < -0.39 is 34.2 Å². The number of rotatable bonds is 7. The molecule has 5 N–H and O–H groups in total. The third-order valence-corrected chi connectivity index (χ3v) is 11.8. The van der Waals surface area contributed by atoms with Crippen LogP contribution in [0.5, 0.6) is 0 Å². The predicted molar refractivity (Wildman–Crippen MR) is 132 cm³/mol. The average Bonchev–Trinajstić information content (AvgIpc) is 3.12. The Kier molecular flexibility index (Phi) is 7.69. The lowest BCUT2D eigenvalue weighted by atomic mass is 9.43. The third kappa shape index (κ3) is 4.92. The number of carbonyl (C=O) groups is 1. The number of aliphatic hydroxyl groups excluding tert-OH is 3. The summed E-state index contributed by atoms with van der Waals surface area (Å²) in [6, 6.07) is 0. The van der Waals surface area contributed by atoms with Gasteiger partial charge in [-0.05, 0) is 97.7 Å². The van der Waals surface area contributed by atoms with E-state index in [9.17, 15) is 28.5 Å². The largest absolute Gasteiger partial charge is 0.393 e. The number of nitrogens with one attached hydrogen (secondary N) is 1. The van der Waals surface area contributed by atoms with Gasteiger partial charge in [0.2, 0.25) is 5.91 Å². The maximum Gasteiger partial charge on any atom is 0.266 e. The van der Waals surface area contributed by atoms with Crippen LogP contribution in [0.25, 0.3) is 0 Å². The van der Waals surface area contributed by atoms with E-state index in [4.69, 9.17) is 4.55 Å². The minimum atomic E-state index is -4.09. The third-order valence-electron chi connectivity index (χ3n) is 11.1. The second-order valence-corrected chi connectivity index (χ2v) is 14.2. The Labute approximate surface area is 210 Å². The number of amides is 1. The summed E-state index contributed by atoms with van der Waals surface area (Å²) in [5.74, 6) is 1.26. The molecule has 9 heteroatoms. The molecular formula is C26H45NO7S. The van der Waals surface area contributed by atoms with Crippen LogP contribution in [0.2, 0.25) is 0 Å². The van der Waals surface area contributed by atoms with Crippen molar-refractivity contribution in [1.82, 2.24) is 5.32 Å². The first-order valence-corrected chi connectivity index (χ1v) is 15.1. The Morgan fingerprint density at radius 3 is 2.34 bits per heavy atom. The van der Waals surface area contributed by atoms with Gasteiger partial charge in [0, 0.05) is 13.0 Å². The van der Waals surface area contributed by atoms with E-state index in [0.717, 1.165) is 32.1 Å². The van der Waals surface area contributed by atoms with Crippen LogP contribution in [0.15, 0.2) is 0 Å². The summed E-state index contributed by atoms with van der Waals surface area (Å²) in [6.07, 6.45) is 5.62. The Morgan fingerprint density at radius 2 is 1.66 bits per heavy atom. The predicted octanol–water partition coefficient (Wildman–Crippen LogP) is 2.37. The van der Waals surface area contributed by atoms with E-state index in [1.807, 2.05) is 0 Å². The Morgan fingerprint density at radius 1 is 0.971 bits per heavy atom. The molecule has 8 nitrogen and oxygen atoms in total. The van der Waals surface area contributed by atoms with E-state index >= 15 is 0 Å². The molecule has 4 fully saturated rings. The monoisotopic (exact) mass is 515 g/mol. The van der Waals surface area contributed by atoms with Crippen LogP contribution in [-0.4, -0.2) is 64.8 Å². The summed E-state index contributed by atoms with van der Waals surface area (Å²) in [5.41, 5.74) is -0.474. The molecule has 35 heavy (non-hydrogen) atoms. The first-order valence-electron chi connectivity index (χ1n) is 13.5. The van der Waals surface area contributed by atoms with E-state index in [0.29, 0.717) is 49.4 Å². The molecule has 4 saturated carbocycles. The van der Waals surface area contributed by atoms with Crippen molar-refractivity contribution in [2.24, 2.45) is 46.3 Å². The van der Waals surface area contributed by atoms with Crippen molar-refractivity contribution >= 4 is 16.0 Å². The van der Waals surface area contributed by atoms with Crippen molar-refractivity contribution in [3.63, 3.8) is 0 Å². The van der Waals surface area contributed by atoms with Gasteiger partial charge in [0.25, 0.3) is 10.1 Å². The van der Waals surface area contributed by atoms with Crippen molar-refractivity contribution < 1.29 is 33.1 Å². The second kappa shape index (κ2) is 9.86. The molecule has 1 amide bonds. The van der Waals surface area contributed by atoms with Crippen LogP contribution < -0.4 is 5.32 Å². The van der Waals surface area contributed by atoms with Crippen LogP contribution in [-0.2, 0) is 14.9 Å². The topological polar surface area (TPSA) is 144 Å². The Hall–Kier alpha value is -0.740. The molecule has 0 aromatic rings. The minimum Gasteiger partial charge on any atom is -0.393 e. The van der Waals surface area contributed by atoms with Crippen molar-refractivity contribution in [3.8, 4) is 0 Å². The Bertz CT molecular complexity index is 896. The first-order chi connectivity index (χ1) is 16.3. The molecule has 11 atom stereocenters. The zero-order valence-corrected chi connectivity index (χ0v) is 22.2. The van der Waals surface area contributed by atoms with E-state index in [1.165, 1.54) is 0 Å². The quantitative estimate of drug-likeness (QED) is 0.327. The minimum absolute atomic E-state index is 0.0975. The van der Waals surface area contributed by atoms with Crippen molar-refractivity contribution in [1.29, 1.82) is 0 Å². The number of aliphatic hydroxyl groups is 3. The SMILES string of the molecule is CC(CCC(=O)NCCS(=O)(=O)O)[C@@H]1CCC2[C@@H]3CC[C@@H]4C[C@H](O)C[C@@H](O)[C@]4(C)[C@H]3C[C@@H](O)[C@@]21C. The van der Waals surface area contributed by atoms with Crippen molar-refractivity contribution in [2.75, 3.05) is 12.3 Å². The molecule has 0 spiro atoms. The molecule has 0 bridgehead atoms. The summed E-state index contributed by atoms with van der Waals surface area (Å²) >= 11 is 0. The molecule has 0 aromatic heterocycles. The van der Waals surface area contributed by atoms with Gasteiger partial charge in [0.1, 0.15) is 0 Å². The maximum absolute atomic E-state index is 12.2. The lowest BCUT2D eigenvalue weighted by molar-refractivity contribution is -0.207. The highest BCUT2D eigenvalue weighted by Gasteiger charge is 2.65. The van der Waals surface area contributed by atoms with Gasteiger partial charge in [-0.2, -0.15) is 8.42 Å². The number of carbonyl (C=O) groups excluding carboxylic acids is 1. The summed E-state index contributed by atoms with van der Waals surface area (Å²) < 4.78 is 30.5. The number of hydrogen-bond donors (Lipinski definition) is 5. The van der Waals surface area contributed by atoms with E-state index in [2.05, 4.69) is 26.1 Å². The summed E-state index contributed by atoms with van der Waals surface area (Å²) in [7, 11) is -4.09. The summed E-state index contributed by atoms with van der Waals surface area (Å²) in [4.78, 5) is 12.2. The molecule has 0 heterocycles. The molecule has 4 rings (SSSR count). The maximum atomic E-state index is 12.2. The average molecular weight is 516 g/mol. The second-order valence-electron chi connectivity index (χ2n) is 12.6. The number of fused-ring (bicyclic) bond motifs is 5. The van der Waals surface area contributed by atoms with Gasteiger partial charge < -0.3 is 20.6 Å². The van der Waals surface area contributed by atoms with Gasteiger partial charge in [0.05, 0.1) is 24.1 Å². The van der Waals surface area contributed by atoms with Crippen LogP contribution in [0.3, 0.4) is 0 Å². The Balaban J connectivity index is 1.42. The van der Waals surface area contributed by atoms with Crippen LogP contribution in [0, 0.1) is 46.3 Å². The fraction of sp³-hybridized carbons (Fsp3) is 0.962. The number of hydrogen-bond acceptors (Lipinski definition) is 6. The van der Waals surface area contributed by atoms with Crippen LogP contribution in [0.4, 0.5) is 0 Å². The highest BCUT2D eigenvalue weighted by molar-refractivity contribution is 7.85. The molecule has 4 aliphatic rings. The van der Waals surface area contributed by atoms with Crippen molar-refractivity contribution in [2.45, 2.75) is 96.9 Å². The normalized spacial score (nSPS) is 46.3. The molecule has 0 aromatic carbocycles. The summed E-state index contributed by atoms with van der Waals surface area (Å²) in [5, 5.41) is 35.6. The molecule has 0 aliphatic heterocycles. The van der Waals surface area contributed by atoms with Gasteiger partial charge in [0.15, 0.2) is 0 Å². The highest BCUT2D eigenvalue weighted by Crippen LogP contribution is 2.68. The van der Waals surface area contributed by atoms with Gasteiger partial charge in [-0.25, -0.2) is 0 Å². The zero-order chi connectivity index (χ0) is 25.8. The van der Waals surface area contributed by atoms with Gasteiger partial charge in [-0.15, -0.1) is 0 Å².